The molecule has 1 amide bonds. The van der Waals surface area contributed by atoms with E-state index < -0.39 is 0 Å². The van der Waals surface area contributed by atoms with Crippen LogP contribution in [0.2, 0.25) is 0 Å². The van der Waals surface area contributed by atoms with Crippen molar-refractivity contribution >= 4 is 11.7 Å². The molecule has 1 unspecified atom stereocenters. The third kappa shape index (κ3) is 2.19. The molecule has 1 saturated heterocycles. The first kappa shape index (κ1) is 12.2. The van der Waals surface area contributed by atoms with Crippen LogP contribution >= 0.6 is 0 Å². The highest BCUT2D eigenvalue weighted by Crippen LogP contribution is 2.40. The number of piperidine rings is 1. The molecule has 0 radical (unpaired) electrons. The van der Waals surface area contributed by atoms with Gasteiger partial charge in [-0.1, -0.05) is 6.42 Å². The summed E-state index contributed by atoms with van der Waals surface area (Å²) in [5.74, 6) is 1.37. The van der Waals surface area contributed by atoms with Crippen molar-refractivity contribution in [1.82, 2.24) is 4.90 Å². The van der Waals surface area contributed by atoms with Gasteiger partial charge in [0.05, 0.1) is 0 Å². The van der Waals surface area contributed by atoms with Crippen LogP contribution in [0.25, 0.3) is 0 Å². The molecule has 2 aliphatic carbocycles. The molecule has 3 heteroatoms. The van der Waals surface area contributed by atoms with Crippen LogP contribution in [0.4, 0.5) is 0 Å². The standard InChI is InChI=1S/C15H23NO2/c17-14-11-5-4-6-12(14)10-13(9-11)15(18)16-7-2-1-3-8-16/h11-13H,1-10H2/t11-,12+,13?. The van der Waals surface area contributed by atoms with Crippen LogP contribution in [0.1, 0.15) is 51.4 Å². The number of fused-ring (bicyclic) bond motifs is 2. The Labute approximate surface area is 109 Å². The maximum absolute atomic E-state index is 12.5. The summed E-state index contributed by atoms with van der Waals surface area (Å²) in [7, 11) is 0. The summed E-state index contributed by atoms with van der Waals surface area (Å²) in [5, 5.41) is 0. The van der Waals surface area contributed by atoms with Gasteiger partial charge in [0.25, 0.3) is 0 Å². The molecule has 2 bridgehead atoms. The summed E-state index contributed by atoms with van der Waals surface area (Å²) in [6.07, 6.45) is 8.49. The van der Waals surface area contributed by atoms with Crippen molar-refractivity contribution < 1.29 is 9.59 Å². The highest BCUT2D eigenvalue weighted by molar-refractivity contribution is 5.88. The minimum atomic E-state index is 0.149. The third-order valence-corrected chi connectivity index (χ3v) is 5.06. The molecule has 1 aliphatic heterocycles. The number of Topliss-reactive ketones (excluding diaryl/α,β-unsaturated/α-hetero) is 1. The van der Waals surface area contributed by atoms with Crippen LogP contribution in [0, 0.1) is 17.8 Å². The summed E-state index contributed by atoms with van der Waals surface area (Å²) in [5.41, 5.74) is 0. The van der Waals surface area contributed by atoms with E-state index in [1.54, 1.807) is 0 Å². The maximum atomic E-state index is 12.5. The number of rotatable bonds is 1. The summed E-state index contributed by atoms with van der Waals surface area (Å²) >= 11 is 0. The molecule has 0 spiro atoms. The Balaban J connectivity index is 1.66. The number of amides is 1. The molecule has 18 heavy (non-hydrogen) atoms. The Morgan fingerprint density at radius 2 is 1.56 bits per heavy atom. The highest BCUT2D eigenvalue weighted by atomic mass is 16.2. The number of carbonyl (C=O) groups is 2. The minimum absolute atomic E-state index is 0.149. The Morgan fingerprint density at radius 1 is 0.944 bits per heavy atom. The van der Waals surface area contributed by atoms with Crippen LogP contribution in [0.15, 0.2) is 0 Å². The molecule has 3 aliphatic rings. The van der Waals surface area contributed by atoms with E-state index in [1.165, 1.54) is 12.8 Å². The van der Waals surface area contributed by atoms with E-state index >= 15 is 0 Å². The zero-order chi connectivity index (χ0) is 12.5. The zero-order valence-corrected chi connectivity index (χ0v) is 11.1. The Morgan fingerprint density at radius 3 is 2.17 bits per heavy atom. The lowest BCUT2D eigenvalue weighted by atomic mass is 9.67. The summed E-state index contributed by atoms with van der Waals surface area (Å²) in [4.78, 5) is 26.6. The van der Waals surface area contributed by atoms with E-state index in [-0.39, 0.29) is 17.8 Å². The number of hydrogen-bond acceptors (Lipinski definition) is 2. The lowest BCUT2D eigenvalue weighted by molar-refractivity contribution is -0.143. The molecule has 0 aromatic rings. The number of ketones is 1. The second-order valence-electron chi connectivity index (χ2n) is 6.28. The fourth-order valence-corrected chi connectivity index (χ4v) is 4.05. The van der Waals surface area contributed by atoms with Crippen molar-refractivity contribution in [3.63, 3.8) is 0 Å². The second-order valence-corrected chi connectivity index (χ2v) is 6.28. The average molecular weight is 249 g/mol. The van der Waals surface area contributed by atoms with Crippen molar-refractivity contribution in [3.05, 3.63) is 0 Å². The van der Waals surface area contributed by atoms with Crippen molar-refractivity contribution in [2.75, 3.05) is 13.1 Å². The normalized spacial score (nSPS) is 36.6. The van der Waals surface area contributed by atoms with Crippen LogP contribution in [-0.4, -0.2) is 29.7 Å². The predicted octanol–water partition coefficient (Wildman–Crippen LogP) is 2.39. The van der Waals surface area contributed by atoms with Gasteiger partial charge in [-0.25, -0.2) is 0 Å². The smallest absolute Gasteiger partial charge is 0.225 e. The Hall–Kier alpha value is -0.860. The monoisotopic (exact) mass is 249 g/mol. The molecule has 0 N–H and O–H groups in total. The fourth-order valence-electron chi connectivity index (χ4n) is 4.05. The van der Waals surface area contributed by atoms with Gasteiger partial charge in [0.1, 0.15) is 5.78 Å². The van der Waals surface area contributed by atoms with E-state index in [9.17, 15) is 9.59 Å². The number of carbonyl (C=O) groups excluding carboxylic acids is 2. The SMILES string of the molecule is O=C1[C@@H]2CCC[C@H]1CC(C(=O)N1CCCCC1)C2. The van der Waals surface area contributed by atoms with Gasteiger partial charge in [-0.3, -0.25) is 9.59 Å². The van der Waals surface area contributed by atoms with E-state index in [4.69, 9.17) is 0 Å². The van der Waals surface area contributed by atoms with Gasteiger partial charge in [0.2, 0.25) is 5.91 Å². The van der Waals surface area contributed by atoms with Gasteiger partial charge < -0.3 is 4.90 Å². The molecule has 1 heterocycles. The molecule has 0 aromatic heterocycles. The Kier molecular flexibility index (Phi) is 3.40. The van der Waals surface area contributed by atoms with E-state index in [0.29, 0.717) is 11.7 Å². The molecule has 3 nitrogen and oxygen atoms in total. The number of likely N-dealkylation sites (tertiary alicyclic amines) is 1. The van der Waals surface area contributed by atoms with Gasteiger partial charge in [0, 0.05) is 30.8 Å². The molecule has 3 fully saturated rings. The second kappa shape index (κ2) is 5.02. The van der Waals surface area contributed by atoms with Gasteiger partial charge in [0.15, 0.2) is 0 Å². The minimum Gasteiger partial charge on any atom is -0.342 e. The first-order valence-corrected chi connectivity index (χ1v) is 7.58. The van der Waals surface area contributed by atoms with Crippen LogP contribution in [-0.2, 0) is 9.59 Å². The largest absolute Gasteiger partial charge is 0.342 e. The summed E-state index contributed by atoms with van der Waals surface area (Å²) in [6.45, 7) is 1.89. The first-order valence-electron chi connectivity index (χ1n) is 7.58. The quantitative estimate of drug-likeness (QED) is 0.715. The van der Waals surface area contributed by atoms with Crippen molar-refractivity contribution in [1.29, 1.82) is 0 Å². The molecule has 2 saturated carbocycles. The average Bonchev–Trinajstić information content (AvgIpc) is 2.38. The number of nitrogens with zero attached hydrogens (tertiary/aromatic N) is 1. The van der Waals surface area contributed by atoms with Crippen LogP contribution in [0.5, 0.6) is 0 Å². The van der Waals surface area contributed by atoms with E-state index in [2.05, 4.69) is 4.90 Å². The van der Waals surface area contributed by atoms with Crippen molar-refractivity contribution in [2.45, 2.75) is 51.4 Å². The molecular weight excluding hydrogens is 226 g/mol. The maximum Gasteiger partial charge on any atom is 0.225 e. The summed E-state index contributed by atoms with van der Waals surface area (Å²) < 4.78 is 0. The van der Waals surface area contributed by atoms with E-state index in [1.807, 2.05) is 0 Å². The van der Waals surface area contributed by atoms with Crippen molar-refractivity contribution in [2.24, 2.45) is 17.8 Å². The van der Waals surface area contributed by atoms with Gasteiger partial charge in [-0.15, -0.1) is 0 Å². The molecular formula is C15H23NO2. The van der Waals surface area contributed by atoms with Crippen LogP contribution < -0.4 is 0 Å². The first-order chi connectivity index (χ1) is 8.75. The lowest BCUT2D eigenvalue weighted by Gasteiger charge is -2.39. The van der Waals surface area contributed by atoms with Gasteiger partial charge >= 0.3 is 0 Å². The molecule has 100 valence electrons. The van der Waals surface area contributed by atoms with E-state index in [0.717, 1.165) is 51.6 Å². The molecule has 3 atom stereocenters. The topological polar surface area (TPSA) is 37.4 Å². The van der Waals surface area contributed by atoms with Gasteiger partial charge in [-0.05, 0) is 44.9 Å². The van der Waals surface area contributed by atoms with Gasteiger partial charge in [-0.2, -0.15) is 0 Å². The predicted molar refractivity (Wildman–Crippen MR) is 69.0 cm³/mol. The lowest BCUT2D eigenvalue weighted by Crippen LogP contribution is -2.45. The molecule has 0 aromatic carbocycles. The Bertz CT molecular complexity index is 330. The van der Waals surface area contributed by atoms with Crippen LogP contribution in [0.3, 0.4) is 0 Å². The van der Waals surface area contributed by atoms with Crippen molar-refractivity contribution in [3.8, 4) is 0 Å². The molecule has 3 rings (SSSR count). The zero-order valence-electron chi connectivity index (χ0n) is 11.1. The third-order valence-electron chi connectivity index (χ3n) is 5.06. The summed E-state index contributed by atoms with van der Waals surface area (Å²) in [6, 6.07) is 0. The fraction of sp³-hybridized carbons (Fsp3) is 0.867. The highest BCUT2D eigenvalue weighted by Gasteiger charge is 2.42. The number of hydrogen-bond donors (Lipinski definition) is 0.